The molecule has 20 heavy (non-hydrogen) atoms. The monoisotopic (exact) mass is 277 g/mol. The summed E-state index contributed by atoms with van der Waals surface area (Å²) in [4.78, 5) is 12.8. The number of non-ortho nitro benzene ring substituents is 1. The van der Waals surface area contributed by atoms with Gasteiger partial charge in [0.05, 0.1) is 4.92 Å². The molecule has 110 valence electrons. The number of hydrogen-bond donors (Lipinski definition) is 1. The summed E-state index contributed by atoms with van der Waals surface area (Å²) in [6.07, 6.45) is 6.53. The average molecular weight is 277 g/mol. The highest BCUT2D eigenvalue weighted by atomic mass is 16.6. The lowest BCUT2D eigenvalue weighted by Crippen LogP contribution is -2.26. The molecule has 5 nitrogen and oxygen atoms in total. The minimum atomic E-state index is -0.335. The van der Waals surface area contributed by atoms with E-state index in [0.29, 0.717) is 5.92 Å². The zero-order valence-electron chi connectivity index (χ0n) is 12.3. The average Bonchev–Trinajstić information content (AvgIpc) is 2.47. The van der Waals surface area contributed by atoms with Gasteiger partial charge in [-0.05, 0) is 24.8 Å². The van der Waals surface area contributed by atoms with Crippen molar-refractivity contribution < 1.29 is 4.92 Å². The molecule has 0 aliphatic heterocycles. The van der Waals surface area contributed by atoms with Crippen LogP contribution in [0.25, 0.3) is 0 Å². The lowest BCUT2D eigenvalue weighted by molar-refractivity contribution is -0.384. The Kier molecular flexibility index (Phi) is 4.82. The largest absolute Gasteiger partial charge is 0.388 e. The van der Waals surface area contributed by atoms with Crippen molar-refractivity contribution in [2.75, 3.05) is 30.9 Å². The predicted octanol–water partition coefficient (Wildman–Crippen LogP) is 3.65. The summed E-state index contributed by atoms with van der Waals surface area (Å²) in [7, 11) is 3.80. The molecule has 0 unspecified atom stereocenters. The van der Waals surface area contributed by atoms with Gasteiger partial charge in [-0.2, -0.15) is 0 Å². The topological polar surface area (TPSA) is 58.4 Å². The van der Waals surface area contributed by atoms with Gasteiger partial charge in [-0.1, -0.05) is 19.3 Å². The number of anilines is 2. The molecule has 1 fully saturated rings. The molecule has 1 aliphatic rings. The van der Waals surface area contributed by atoms with E-state index in [2.05, 4.69) is 10.2 Å². The molecule has 1 aromatic carbocycles. The first kappa shape index (κ1) is 14.6. The fourth-order valence-electron chi connectivity index (χ4n) is 2.93. The highest BCUT2D eigenvalue weighted by molar-refractivity contribution is 5.64. The molecule has 0 saturated heterocycles. The van der Waals surface area contributed by atoms with E-state index in [1.807, 2.05) is 13.1 Å². The Bertz CT molecular complexity index is 470. The van der Waals surface area contributed by atoms with Crippen molar-refractivity contribution in [3.05, 3.63) is 28.3 Å². The molecule has 0 amide bonds. The van der Waals surface area contributed by atoms with Crippen molar-refractivity contribution in [3.8, 4) is 0 Å². The lowest BCUT2D eigenvalue weighted by atomic mass is 9.89. The number of rotatable bonds is 5. The van der Waals surface area contributed by atoms with Gasteiger partial charge in [-0.15, -0.1) is 0 Å². The van der Waals surface area contributed by atoms with E-state index < -0.39 is 0 Å². The highest BCUT2D eigenvalue weighted by Gasteiger charge is 2.17. The van der Waals surface area contributed by atoms with Crippen LogP contribution in [-0.2, 0) is 0 Å². The number of nitro groups is 1. The molecule has 1 N–H and O–H groups in total. The Morgan fingerprint density at radius 3 is 2.60 bits per heavy atom. The van der Waals surface area contributed by atoms with Crippen LogP contribution in [0.4, 0.5) is 17.1 Å². The fraction of sp³-hybridized carbons (Fsp3) is 0.600. The highest BCUT2D eigenvalue weighted by Crippen LogP contribution is 2.29. The summed E-state index contributed by atoms with van der Waals surface area (Å²) in [5, 5.41) is 14.0. The molecular formula is C15H23N3O2. The van der Waals surface area contributed by atoms with Gasteiger partial charge in [0.25, 0.3) is 5.69 Å². The van der Waals surface area contributed by atoms with Crippen LogP contribution in [-0.4, -0.2) is 25.6 Å². The quantitative estimate of drug-likeness (QED) is 0.659. The van der Waals surface area contributed by atoms with Crippen LogP contribution < -0.4 is 10.2 Å². The summed E-state index contributed by atoms with van der Waals surface area (Å²) in [5.74, 6) is 0.714. The minimum absolute atomic E-state index is 0.141. The van der Waals surface area contributed by atoms with E-state index in [0.717, 1.165) is 17.9 Å². The zero-order valence-corrected chi connectivity index (χ0v) is 12.3. The Labute approximate surface area is 120 Å². The molecule has 0 radical (unpaired) electrons. The number of nitrogens with one attached hydrogen (secondary N) is 1. The molecule has 0 heterocycles. The van der Waals surface area contributed by atoms with Crippen LogP contribution in [0.2, 0.25) is 0 Å². The maximum Gasteiger partial charge on any atom is 0.273 e. The second-order valence-corrected chi connectivity index (χ2v) is 5.63. The summed E-state index contributed by atoms with van der Waals surface area (Å²) in [6, 6.07) is 5.19. The third-order valence-corrected chi connectivity index (χ3v) is 4.10. The fourth-order valence-corrected chi connectivity index (χ4v) is 2.93. The number of hydrogen-bond acceptors (Lipinski definition) is 4. The molecule has 0 bridgehead atoms. The van der Waals surface area contributed by atoms with E-state index in [1.165, 1.54) is 32.1 Å². The van der Waals surface area contributed by atoms with Crippen molar-refractivity contribution >= 4 is 17.1 Å². The summed E-state index contributed by atoms with van der Waals surface area (Å²) < 4.78 is 0. The van der Waals surface area contributed by atoms with Gasteiger partial charge < -0.3 is 10.2 Å². The van der Waals surface area contributed by atoms with Crippen LogP contribution in [0.15, 0.2) is 18.2 Å². The third kappa shape index (κ3) is 3.62. The van der Waals surface area contributed by atoms with Crippen LogP contribution in [0.5, 0.6) is 0 Å². The smallest absolute Gasteiger partial charge is 0.273 e. The third-order valence-electron chi connectivity index (χ3n) is 4.10. The van der Waals surface area contributed by atoms with Crippen molar-refractivity contribution in [2.24, 2.45) is 5.92 Å². The van der Waals surface area contributed by atoms with Crippen LogP contribution in [0.3, 0.4) is 0 Å². The molecule has 1 saturated carbocycles. The molecular weight excluding hydrogens is 254 g/mol. The van der Waals surface area contributed by atoms with Gasteiger partial charge in [0.2, 0.25) is 0 Å². The Balaban J connectivity index is 2.13. The number of nitro benzene ring substituents is 1. The molecule has 0 atom stereocenters. The second kappa shape index (κ2) is 6.59. The van der Waals surface area contributed by atoms with Crippen molar-refractivity contribution in [1.29, 1.82) is 0 Å². The van der Waals surface area contributed by atoms with Gasteiger partial charge in [0, 0.05) is 44.1 Å². The van der Waals surface area contributed by atoms with Crippen molar-refractivity contribution in [1.82, 2.24) is 0 Å². The van der Waals surface area contributed by atoms with Gasteiger partial charge in [0.15, 0.2) is 0 Å². The molecule has 0 spiro atoms. The van der Waals surface area contributed by atoms with E-state index in [4.69, 9.17) is 0 Å². The minimum Gasteiger partial charge on any atom is -0.388 e. The SMILES string of the molecule is CNc1cc(N(C)CC2CCCCC2)cc([N+](=O)[O-])c1. The first-order valence-corrected chi connectivity index (χ1v) is 7.28. The summed E-state index contributed by atoms with van der Waals surface area (Å²) in [5.41, 5.74) is 1.83. The van der Waals surface area contributed by atoms with E-state index in [1.54, 1.807) is 19.2 Å². The normalized spacial score (nSPS) is 15.9. The van der Waals surface area contributed by atoms with Gasteiger partial charge in [-0.3, -0.25) is 10.1 Å². The summed E-state index contributed by atoms with van der Waals surface area (Å²) >= 11 is 0. The first-order chi connectivity index (χ1) is 9.60. The maximum atomic E-state index is 11.0. The molecule has 0 aromatic heterocycles. The molecule has 5 heteroatoms. The predicted molar refractivity (Wildman–Crippen MR) is 82.5 cm³/mol. The van der Waals surface area contributed by atoms with Crippen molar-refractivity contribution in [2.45, 2.75) is 32.1 Å². The summed E-state index contributed by atoms with van der Waals surface area (Å²) in [6.45, 7) is 0.977. The first-order valence-electron chi connectivity index (χ1n) is 7.28. The van der Waals surface area contributed by atoms with Crippen LogP contribution in [0.1, 0.15) is 32.1 Å². The molecule has 2 rings (SSSR count). The second-order valence-electron chi connectivity index (χ2n) is 5.63. The van der Waals surface area contributed by atoms with E-state index in [-0.39, 0.29) is 10.6 Å². The van der Waals surface area contributed by atoms with Crippen LogP contribution >= 0.6 is 0 Å². The van der Waals surface area contributed by atoms with Gasteiger partial charge >= 0.3 is 0 Å². The number of nitrogens with zero attached hydrogens (tertiary/aromatic N) is 2. The van der Waals surface area contributed by atoms with Crippen LogP contribution in [0, 0.1) is 16.0 Å². The zero-order chi connectivity index (χ0) is 14.5. The van der Waals surface area contributed by atoms with E-state index >= 15 is 0 Å². The van der Waals surface area contributed by atoms with E-state index in [9.17, 15) is 10.1 Å². The molecule has 1 aliphatic carbocycles. The maximum absolute atomic E-state index is 11.0. The van der Waals surface area contributed by atoms with Crippen molar-refractivity contribution in [3.63, 3.8) is 0 Å². The Morgan fingerprint density at radius 1 is 1.30 bits per heavy atom. The standard InChI is InChI=1S/C15H23N3O2/c1-16-13-8-14(10-15(9-13)18(19)20)17(2)11-12-6-4-3-5-7-12/h8-10,12,16H,3-7,11H2,1-2H3. The Hall–Kier alpha value is -1.78. The Morgan fingerprint density at radius 2 is 2.00 bits per heavy atom. The number of benzene rings is 1. The lowest BCUT2D eigenvalue weighted by Gasteiger charge is -2.28. The molecule has 1 aromatic rings. The van der Waals surface area contributed by atoms with Gasteiger partial charge in [-0.25, -0.2) is 0 Å². The van der Waals surface area contributed by atoms with Gasteiger partial charge in [0.1, 0.15) is 0 Å².